The molecule has 108 valence electrons. The Kier molecular flexibility index (Phi) is 5.38. The molecule has 1 unspecified atom stereocenters. The summed E-state index contributed by atoms with van der Waals surface area (Å²) < 4.78 is 3.03. The van der Waals surface area contributed by atoms with Gasteiger partial charge in [-0.25, -0.2) is 0 Å². The van der Waals surface area contributed by atoms with E-state index in [4.69, 9.17) is 0 Å². The van der Waals surface area contributed by atoms with E-state index in [2.05, 4.69) is 64.5 Å². The molecule has 0 saturated heterocycles. The Morgan fingerprint density at radius 3 is 2.75 bits per heavy atom. The van der Waals surface area contributed by atoms with Gasteiger partial charge in [-0.15, -0.1) is 0 Å². The summed E-state index contributed by atoms with van der Waals surface area (Å²) in [5.74, 6) is 0. The van der Waals surface area contributed by atoms with Gasteiger partial charge in [0.15, 0.2) is 0 Å². The lowest BCUT2D eigenvalue weighted by molar-refractivity contribution is 0.519. The second kappa shape index (κ2) is 7.04. The maximum Gasteiger partial charge on any atom is 0.0643 e. The maximum absolute atomic E-state index is 4.49. The van der Waals surface area contributed by atoms with Crippen molar-refractivity contribution in [3.05, 3.63) is 51.8 Å². The van der Waals surface area contributed by atoms with E-state index in [1.165, 1.54) is 15.6 Å². The van der Waals surface area contributed by atoms with Gasteiger partial charge in [0.25, 0.3) is 0 Å². The van der Waals surface area contributed by atoms with E-state index in [-0.39, 0.29) is 0 Å². The van der Waals surface area contributed by atoms with Crippen LogP contribution < -0.4 is 5.32 Å². The highest BCUT2D eigenvalue weighted by Crippen LogP contribution is 2.27. The van der Waals surface area contributed by atoms with E-state index in [0.29, 0.717) is 6.04 Å². The Balaban J connectivity index is 2.22. The summed E-state index contributed by atoms with van der Waals surface area (Å²) in [6, 6.07) is 8.92. The molecule has 0 amide bonds. The Morgan fingerprint density at radius 1 is 1.35 bits per heavy atom. The summed E-state index contributed by atoms with van der Waals surface area (Å²) in [6.45, 7) is 5.31. The first-order valence-corrected chi connectivity index (χ1v) is 7.87. The predicted octanol–water partition coefficient (Wildman–Crippen LogP) is 3.77. The average molecular weight is 336 g/mol. The number of rotatable bonds is 6. The summed E-state index contributed by atoms with van der Waals surface area (Å²) in [5, 5.41) is 8.12. The highest BCUT2D eigenvalue weighted by Gasteiger charge is 2.15. The van der Waals surface area contributed by atoms with Crippen LogP contribution in [-0.2, 0) is 13.5 Å². The Hall–Kier alpha value is -1.13. The molecule has 0 aliphatic rings. The van der Waals surface area contributed by atoms with Crippen LogP contribution >= 0.6 is 15.9 Å². The predicted molar refractivity (Wildman–Crippen MR) is 86.8 cm³/mol. The van der Waals surface area contributed by atoms with Gasteiger partial charge in [0.05, 0.1) is 5.69 Å². The molecule has 0 radical (unpaired) electrons. The summed E-state index contributed by atoms with van der Waals surface area (Å²) in [7, 11) is 1.96. The lowest BCUT2D eigenvalue weighted by Gasteiger charge is -2.20. The highest BCUT2D eigenvalue weighted by atomic mass is 79.9. The standard InChI is InChI=1S/C16H22BrN3/c1-4-8-18-16(11-13-7-9-20(3)19-13)14-6-5-12(2)10-15(14)17/h5-7,9-10,16,18H,4,8,11H2,1-3H3. The Bertz CT molecular complexity index is 563. The molecule has 2 rings (SSSR count). The smallest absolute Gasteiger partial charge is 0.0643 e. The van der Waals surface area contributed by atoms with Gasteiger partial charge in [-0.05, 0) is 43.1 Å². The molecule has 1 heterocycles. The Morgan fingerprint density at radius 2 is 2.15 bits per heavy atom. The lowest BCUT2D eigenvalue weighted by atomic mass is 10.0. The van der Waals surface area contributed by atoms with Gasteiger partial charge in [0, 0.05) is 30.2 Å². The molecule has 0 fully saturated rings. The van der Waals surface area contributed by atoms with Crippen LogP contribution in [0.15, 0.2) is 34.9 Å². The zero-order valence-corrected chi connectivity index (χ0v) is 13.9. The van der Waals surface area contributed by atoms with Gasteiger partial charge >= 0.3 is 0 Å². The molecule has 3 nitrogen and oxygen atoms in total. The topological polar surface area (TPSA) is 29.9 Å². The minimum atomic E-state index is 0.292. The molecule has 0 saturated carbocycles. The molecule has 1 N–H and O–H groups in total. The number of hydrogen-bond acceptors (Lipinski definition) is 2. The molecule has 0 aliphatic heterocycles. The number of benzene rings is 1. The second-order valence-electron chi connectivity index (χ2n) is 5.22. The number of nitrogens with one attached hydrogen (secondary N) is 1. The fourth-order valence-corrected chi connectivity index (χ4v) is 3.08. The summed E-state index contributed by atoms with van der Waals surface area (Å²) in [6.07, 6.45) is 4.03. The van der Waals surface area contributed by atoms with Crippen molar-refractivity contribution in [2.75, 3.05) is 6.54 Å². The average Bonchev–Trinajstić information content (AvgIpc) is 2.80. The van der Waals surface area contributed by atoms with Crippen molar-refractivity contribution in [3.63, 3.8) is 0 Å². The number of aromatic nitrogens is 2. The van der Waals surface area contributed by atoms with Gasteiger partial charge < -0.3 is 5.32 Å². The first-order chi connectivity index (χ1) is 9.60. The van der Waals surface area contributed by atoms with Crippen LogP contribution in [0.1, 0.15) is 36.2 Å². The Labute approximate surface area is 129 Å². The third-order valence-electron chi connectivity index (χ3n) is 3.35. The van der Waals surface area contributed by atoms with Crippen molar-refractivity contribution in [3.8, 4) is 0 Å². The monoisotopic (exact) mass is 335 g/mol. The zero-order chi connectivity index (χ0) is 14.5. The van der Waals surface area contributed by atoms with Gasteiger partial charge in [0.1, 0.15) is 0 Å². The van der Waals surface area contributed by atoms with Crippen molar-refractivity contribution < 1.29 is 0 Å². The third kappa shape index (κ3) is 3.93. The molecule has 0 aliphatic carbocycles. The van der Waals surface area contributed by atoms with Gasteiger partial charge in [-0.3, -0.25) is 4.68 Å². The second-order valence-corrected chi connectivity index (χ2v) is 6.07. The SMILES string of the molecule is CCCNC(Cc1ccn(C)n1)c1ccc(C)cc1Br. The summed E-state index contributed by atoms with van der Waals surface area (Å²) in [5.41, 5.74) is 3.69. The fraction of sp³-hybridized carbons (Fsp3) is 0.438. The lowest BCUT2D eigenvalue weighted by Crippen LogP contribution is -2.24. The minimum Gasteiger partial charge on any atom is -0.310 e. The van der Waals surface area contributed by atoms with Crippen molar-refractivity contribution in [2.45, 2.75) is 32.7 Å². The molecule has 1 atom stereocenters. The molecular weight excluding hydrogens is 314 g/mol. The number of nitrogens with zero attached hydrogens (tertiary/aromatic N) is 2. The largest absolute Gasteiger partial charge is 0.310 e. The molecule has 1 aromatic carbocycles. The fourth-order valence-electron chi connectivity index (χ4n) is 2.31. The van der Waals surface area contributed by atoms with E-state index in [1.807, 2.05) is 17.9 Å². The van der Waals surface area contributed by atoms with Crippen LogP contribution in [0.2, 0.25) is 0 Å². The quantitative estimate of drug-likeness (QED) is 0.870. The van der Waals surface area contributed by atoms with Crippen LogP contribution in [0.4, 0.5) is 0 Å². The highest BCUT2D eigenvalue weighted by molar-refractivity contribution is 9.10. The van der Waals surface area contributed by atoms with Crippen molar-refractivity contribution in [1.82, 2.24) is 15.1 Å². The molecule has 4 heteroatoms. The number of aryl methyl sites for hydroxylation is 2. The van der Waals surface area contributed by atoms with Gasteiger partial charge in [-0.2, -0.15) is 5.10 Å². The van der Waals surface area contributed by atoms with Crippen molar-refractivity contribution in [2.24, 2.45) is 7.05 Å². The minimum absolute atomic E-state index is 0.292. The van der Waals surface area contributed by atoms with E-state index in [0.717, 1.165) is 25.1 Å². The molecule has 2 aromatic rings. The van der Waals surface area contributed by atoms with E-state index in [9.17, 15) is 0 Å². The third-order valence-corrected chi connectivity index (χ3v) is 4.04. The first kappa shape index (κ1) is 15.3. The molecule has 0 bridgehead atoms. The van der Waals surface area contributed by atoms with Crippen LogP contribution in [0.25, 0.3) is 0 Å². The summed E-state index contributed by atoms with van der Waals surface area (Å²) >= 11 is 3.69. The van der Waals surface area contributed by atoms with Crippen molar-refractivity contribution in [1.29, 1.82) is 0 Å². The van der Waals surface area contributed by atoms with Crippen LogP contribution in [0.5, 0.6) is 0 Å². The first-order valence-electron chi connectivity index (χ1n) is 7.08. The molecular formula is C16H22BrN3. The van der Waals surface area contributed by atoms with E-state index in [1.54, 1.807) is 0 Å². The maximum atomic E-state index is 4.49. The zero-order valence-electron chi connectivity index (χ0n) is 12.4. The normalized spacial score (nSPS) is 12.6. The summed E-state index contributed by atoms with van der Waals surface area (Å²) in [4.78, 5) is 0. The van der Waals surface area contributed by atoms with Gasteiger partial charge in [0.2, 0.25) is 0 Å². The number of halogens is 1. The van der Waals surface area contributed by atoms with E-state index < -0.39 is 0 Å². The van der Waals surface area contributed by atoms with Crippen molar-refractivity contribution >= 4 is 15.9 Å². The number of hydrogen-bond donors (Lipinski definition) is 1. The molecule has 20 heavy (non-hydrogen) atoms. The molecule has 0 spiro atoms. The molecule has 1 aromatic heterocycles. The van der Waals surface area contributed by atoms with Gasteiger partial charge in [-0.1, -0.05) is 35.0 Å². The van der Waals surface area contributed by atoms with Crippen LogP contribution in [0, 0.1) is 6.92 Å². The van der Waals surface area contributed by atoms with Crippen LogP contribution in [-0.4, -0.2) is 16.3 Å². The van der Waals surface area contributed by atoms with E-state index >= 15 is 0 Å². The van der Waals surface area contributed by atoms with Crippen LogP contribution in [0.3, 0.4) is 0 Å².